The van der Waals surface area contributed by atoms with Crippen LogP contribution in [0.3, 0.4) is 0 Å². The van der Waals surface area contributed by atoms with E-state index in [-0.39, 0.29) is 17.4 Å². The van der Waals surface area contributed by atoms with Crippen molar-refractivity contribution >= 4 is 17.7 Å². The maximum Gasteiger partial charge on any atom is 0.271 e. The van der Waals surface area contributed by atoms with E-state index in [1.54, 1.807) is 42.2 Å². The monoisotopic (exact) mass is 341 g/mol. The maximum absolute atomic E-state index is 13.7. The lowest BCUT2D eigenvalue weighted by Gasteiger charge is -2.04. The number of nitrogens with one attached hydrogen (secondary N) is 1. The lowest BCUT2D eigenvalue weighted by molar-refractivity contribution is 0.0950. The second kappa shape index (κ2) is 7.79. The molecule has 1 amide bonds. The zero-order valence-electron chi connectivity index (χ0n) is 12.9. The van der Waals surface area contributed by atoms with Crippen molar-refractivity contribution in [3.8, 4) is 5.69 Å². The molecule has 0 unspecified atom stereocenters. The average Bonchev–Trinajstić information content (AvgIpc) is 3.10. The van der Waals surface area contributed by atoms with Gasteiger partial charge in [-0.25, -0.2) is 9.07 Å². The highest BCUT2D eigenvalue weighted by atomic mass is 32.2. The molecule has 0 saturated carbocycles. The van der Waals surface area contributed by atoms with Gasteiger partial charge in [0.05, 0.1) is 0 Å². The van der Waals surface area contributed by atoms with Gasteiger partial charge in [0, 0.05) is 23.4 Å². The number of carbonyl (C=O) groups is 1. The number of aromatic nitrogens is 2. The molecule has 1 N–H and O–H groups in total. The van der Waals surface area contributed by atoms with Gasteiger partial charge in [-0.15, -0.1) is 11.8 Å². The number of nitrogens with zero attached hydrogens (tertiary/aromatic N) is 2. The van der Waals surface area contributed by atoms with Crippen LogP contribution in [0, 0.1) is 5.82 Å². The molecule has 6 heteroatoms. The molecule has 1 aromatic heterocycles. The molecule has 0 radical (unpaired) electrons. The molecule has 0 spiro atoms. The van der Waals surface area contributed by atoms with Crippen molar-refractivity contribution in [2.75, 3.05) is 12.3 Å². The average molecular weight is 341 g/mol. The molecule has 0 aliphatic rings. The first-order valence-corrected chi connectivity index (χ1v) is 8.49. The Morgan fingerprint density at radius 3 is 2.62 bits per heavy atom. The Kier molecular flexibility index (Phi) is 5.28. The van der Waals surface area contributed by atoms with Crippen LogP contribution in [0.15, 0.2) is 71.8 Å². The predicted octanol–water partition coefficient (Wildman–Crippen LogP) is 3.53. The summed E-state index contributed by atoms with van der Waals surface area (Å²) < 4.78 is 15.1. The molecule has 0 saturated heterocycles. The molecular weight excluding hydrogens is 325 g/mol. The van der Waals surface area contributed by atoms with Crippen LogP contribution >= 0.6 is 11.8 Å². The molecule has 3 aromatic rings. The zero-order valence-corrected chi connectivity index (χ0v) is 13.7. The van der Waals surface area contributed by atoms with Crippen LogP contribution in [-0.2, 0) is 0 Å². The Balaban J connectivity index is 1.54. The molecule has 0 aliphatic heterocycles. The van der Waals surface area contributed by atoms with Crippen molar-refractivity contribution < 1.29 is 9.18 Å². The molecule has 0 bridgehead atoms. The summed E-state index contributed by atoms with van der Waals surface area (Å²) in [4.78, 5) is 13.3. The van der Waals surface area contributed by atoms with Crippen LogP contribution < -0.4 is 5.32 Å². The summed E-state index contributed by atoms with van der Waals surface area (Å²) in [6.07, 6.45) is 1.58. The van der Waals surface area contributed by atoms with Crippen LogP contribution in [0.25, 0.3) is 5.69 Å². The Labute approximate surface area is 143 Å². The summed E-state index contributed by atoms with van der Waals surface area (Å²) in [7, 11) is 0. The highest BCUT2D eigenvalue weighted by Crippen LogP contribution is 2.16. The van der Waals surface area contributed by atoms with Gasteiger partial charge >= 0.3 is 0 Å². The minimum Gasteiger partial charge on any atom is -0.350 e. The van der Waals surface area contributed by atoms with E-state index in [1.807, 2.05) is 30.3 Å². The van der Waals surface area contributed by atoms with Crippen molar-refractivity contribution in [1.29, 1.82) is 0 Å². The van der Waals surface area contributed by atoms with E-state index in [0.29, 0.717) is 12.2 Å². The molecule has 24 heavy (non-hydrogen) atoms. The maximum atomic E-state index is 13.7. The molecular formula is C18H16FN3OS. The van der Waals surface area contributed by atoms with Crippen LogP contribution in [0.5, 0.6) is 0 Å². The third-order valence-electron chi connectivity index (χ3n) is 3.32. The van der Waals surface area contributed by atoms with Crippen molar-refractivity contribution in [3.63, 3.8) is 0 Å². The number of amides is 1. The second-order valence-corrected chi connectivity index (χ2v) is 6.18. The molecule has 0 fully saturated rings. The van der Waals surface area contributed by atoms with Gasteiger partial charge in [-0.3, -0.25) is 4.79 Å². The summed E-state index contributed by atoms with van der Waals surface area (Å²) in [5, 5.41) is 6.96. The lowest BCUT2D eigenvalue weighted by atomic mass is 10.3. The number of rotatable bonds is 6. The molecule has 0 atom stereocenters. The largest absolute Gasteiger partial charge is 0.350 e. The van der Waals surface area contributed by atoms with Crippen molar-refractivity contribution in [2.45, 2.75) is 4.90 Å². The Morgan fingerprint density at radius 2 is 1.83 bits per heavy atom. The first-order valence-electron chi connectivity index (χ1n) is 7.50. The van der Waals surface area contributed by atoms with Crippen LogP contribution in [0.4, 0.5) is 4.39 Å². The number of para-hydroxylation sites is 1. The first-order chi connectivity index (χ1) is 11.7. The third-order valence-corrected chi connectivity index (χ3v) is 4.33. The molecule has 3 rings (SSSR count). The summed E-state index contributed by atoms with van der Waals surface area (Å²) >= 11 is 1.67. The van der Waals surface area contributed by atoms with E-state index in [2.05, 4.69) is 10.4 Å². The van der Waals surface area contributed by atoms with Gasteiger partial charge in [0.15, 0.2) is 5.69 Å². The van der Waals surface area contributed by atoms with Gasteiger partial charge in [0.2, 0.25) is 0 Å². The number of hydrogen-bond acceptors (Lipinski definition) is 3. The van der Waals surface area contributed by atoms with Gasteiger partial charge in [-0.1, -0.05) is 30.3 Å². The number of benzene rings is 2. The van der Waals surface area contributed by atoms with Crippen LogP contribution in [0.1, 0.15) is 10.5 Å². The van der Waals surface area contributed by atoms with E-state index in [4.69, 9.17) is 0 Å². The van der Waals surface area contributed by atoms with Gasteiger partial charge < -0.3 is 5.32 Å². The normalized spacial score (nSPS) is 10.5. The highest BCUT2D eigenvalue weighted by molar-refractivity contribution is 7.99. The smallest absolute Gasteiger partial charge is 0.271 e. The van der Waals surface area contributed by atoms with E-state index < -0.39 is 0 Å². The summed E-state index contributed by atoms with van der Waals surface area (Å²) in [6.45, 7) is 0.533. The van der Waals surface area contributed by atoms with Gasteiger partial charge in [0.1, 0.15) is 11.5 Å². The molecule has 2 aromatic carbocycles. The summed E-state index contributed by atoms with van der Waals surface area (Å²) in [5.41, 5.74) is 0.583. The summed E-state index contributed by atoms with van der Waals surface area (Å²) in [5.74, 6) is 0.120. The van der Waals surface area contributed by atoms with Crippen molar-refractivity contribution in [2.24, 2.45) is 0 Å². The van der Waals surface area contributed by atoms with Crippen LogP contribution in [0.2, 0.25) is 0 Å². The first kappa shape index (κ1) is 16.3. The Morgan fingerprint density at radius 1 is 1.08 bits per heavy atom. The second-order valence-electron chi connectivity index (χ2n) is 5.01. The molecule has 4 nitrogen and oxygen atoms in total. The Bertz CT molecular complexity index is 820. The van der Waals surface area contributed by atoms with Crippen molar-refractivity contribution in [1.82, 2.24) is 15.1 Å². The van der Waals surface area contributed by atoms with E-state index in [1.165, 1.54) is 10.7 Å². The van der Waals surface area contributed by atoms with E-state index >= 15 is 0 Å². The minimum absolute atomic E-state index is 0.265. The fourth-order valence-electron chi connectivity index (χ4n) is 2.16. The molecule has 0 aliphatic carbocycles. The molecule has 1 heterocycles. The van der Waals surface area contributed by atoms with E-state index in [9.17, 15) is 9.18 Å². The minimum atomic E-state index is -0.383. The van der Waals surface area contributed by atoms with Gasteiger partial charge in [0.25, 0.3) is 5.91 Å². The topological polar surface area (TPSA) is 46.9 Å². The van der Waals surface area contributed by atoms with Gasteiger partial charge in [-0.2, -0.15) is 5.10 Å². The highest BCUT2D eigenvalue weighted by Gasteiger charge is 2.11. The fourth-order valence-corrected chi connectivity index (χ4v) is 2.95. The number of carbonyl (C=O) groups excluding carboxylic acids is 1. The quantitative estimate of drug-likeness (QED) is 0.551. The number of halogens is 1. The molecule has 122 valence electrons. The number of thioether (sulfide) groups is 1. The van der Waals surface area contributed by atoms with E-state index in [0.717, 1.165) is 10.6 Å². The SMILES string of the molecule is O=C(NCCSc1ccccc1)c1ccn(-c2ccccc2F)n1. The Hall–Kier alpha value is -2.60. The fraction of sp³-hybridized carbons (Fsp3) is 0.111. The van der Waals surface area contributed by atoms with Crippen molar-refractivity contribution in [3.05, 3.63) is 78.4 Å². The number of hydrogen-bond donors (Lipinski definition) is 1. The van der Waals surface area contributed by atoms with Crippen LogP contribution in [-0.4, -0.2) is 28.0 Å². The zero-order chi connectivity index (χ0) is 16.8. The van der Waals surface area contributed by atoms with Gasteiger partial charge in [-0.05, 0) is 30.3 Å². The predicted molar refractivity (Wildman–Crippen MR) is 93.0 cm³/mol. The standard InChI is InChI=1S/C18H16FN3OS/c19-15-8-4-5-9-17(15)22-12-10-16(21-22)18(23)20-11-13-24-14-6-2-1-3-7-14/h1-10,12H,11,13H2,(H,20,23). The third kappa shape index (κ3) is 4.02. The summed E-state index contributed by atoms with van der Waals surface area (Å²) in [6, 6.07) is 17.9. The lowest BCUT2D eigenvalue weighted by Crippen LogP contribution is -2.26.